The van der Waals surface area contributed by atoms with E-state index in [1.165, 1.54) is 0 Å². The lowest BCUT2D eigenvalue weighted by Crippen LogP contribution is -2.50. The summed E-state index contributed by atoms with van der Waals surface area (Å²) in [6.45, 7) is 9.65. The predicted molar refractivity (Wildman–Crippen MR) is 126 cm³/mol. The average molecular weight is 436 g/mol. The van der Waals surface area contributed by atoms with Gasteiger partial charge in [-0.2, -0.15) is 0 Å². The van der Waals surface area contributed by atoms with Gasteiger partial charge in [-0.05, 0) is 55.2 Å². The highest BCUT2D eigenvalue weighted by Gasteiger charge is 2.34. The Kier molecular flexibility index (Phi) is 7.67. The van der Waals surface area contributed by atoms with Crippen LogP contribution in [0.5, 0.6) is 0 Å². The second-order valence-electron chi connectivity index (χ2n) is 8.65. The third-order valence-corrected chi connectivity index (χ3v) is 5.90. The normalized spacial score (nSPS) is 15.3. The van der Waals surface area contributed by atoms with Crippen LogP contribution >= 0.6 is 0 Å². The zero-order chi connectivity index (χ0) is 23.3. The molecular formula is C26H33N3O3. The van der Waals surface area contributed by atoms with E-state index in [2.05, 4.69) is 5.32 Å². The molecule has 6 heteroatoms. The van der Waals surface area contributed by atoms with Gasteiger partial charge in [0, 0.05) is 43.7 Å². The van der Waals surface area contributed by atoms with Gasteiger partial charge in [0.15, 0.2) is 0 Å². The molecule has 2 aromatic carbocycles. The highest BCUT2D eigenvalue weighted by Crippen LogP contribution is 2.26. The van der Waals surface area contributed by atoms with Gasteiger partial charge in [0.2, 0.25) is 11.8 Å². The predicted octanol–water partition coefficient (Wildman–Crippen LogP) is 4.11. The molecule has 1 aliphatic rings. The van der Waals surface area contributed by atoms with E-state index in [1.54, 1.807) is 34.1 Å². The fourth-order valence-corrected chi connectivity index (χ4v) is 4.10. The summed E-state index contributed by atoms with van der Waals surface area (Å²) in [6, 6.07) is 14.3. The van der Waals surface area contributed by atoms with Crippen molar-refractivity contribution in [3.63, 3.8) is 0 Å². The first kappa shape index (κ1) is 23.5. The zero-order valence-electron chi connectivity index (χ0n) is 19.4. The van der Waals surface area contributed by atoms with Gasteiger partial charge in [-0.3, -0.25) is 14.4 Å². The maximum Gasteiger partial charge on any atom is 0.253 e. The Morgan fingerprint density at radius 2 is 1.62 bits per heavy atom. The molecule has 3 rings (SSSR count). The van der Waals surface area contributed by atoms with Gasteiger partial charge in [-0.25, -0.2) is 0 Å². The lowest BCUT2D eigenvalue weighted by atomic mass is 9.92. The summed E-state index contributed by atoms with van der Waals surface area (Å²) in [7, 11) is 0. The third kappa shape index (κ3) is 5.36. The number of hydrogen-bond donors (Lipinski definition) is 1. The molecule has 1 N–H and O–H groups in total. The number of benzene rings is 2. The van der Waals surface area contributed by atoms with Crippen molar-refractivity contribution in [2.75, 3.05) is 18.4 Å². The van der Waals surface area contributed by atoms with Crippen molar-refractivity contribution >= 4 is 23.4 Å². The van der Waals surface area contributed by atoms with Crippen LogP contribution in [0, 0.1) is 5.92 Å². The Morgan fingerprint density at radius 1 is 1.00 bits per heavy atom. The molecule has 6 nitrogen and oxygen atoms in total. The minimum Gasteiger partial charge on any atom is -0.339 e. The van der Waals surface area contributed by atoms with Gasteiger partial charge in [-0.1, -0.05) is 38.1 Å². The van der Waals surface area contributed by atoms with Crippen molar-refractivity contribution < 1.29 is 14.4 Å². The third-order valence-electron chi connectivity index (χ3n) is 5.90. The van der Waals surface area contributed by atoms with Crippen molar-refractivity contribution in [3.05, 3.63) is 65.2 Å². The zero-order valence-corrected chi connectivity index (χ0v) is 19.4. The SMILES string of the molecule is CCN(CC)C(=O)c1ccc(NC(=O)C2Cc3ccccc3CN2C(=O)CC(C)C)cc1. The fourth-order valence-electron chi connectivity index (χ4n) is 4.10. The molecule has 1 aliphatic heterocycles. The number of amides is 3. The van der Waals surface area contributed by atoms with Gasteiger partial charge in [0.1, 0.15) is 6.04 Å². The topological polar surface area (TPSA) is 69.7 Å². The van der Waals surface area contributed by atoms with E-state index in [0.29, 0.717) is 43.7 Å². The first-order chi connectivity index (χ1) is 15.3. The van der Waals surface area contributed by atoms with E-state index in [4.69, 9.17) is 0 Å². The molecule has 0 spiro atoms. The molecule has 1 heterocycles. The van der Waals surface area contributed by atoms with E-state index >= 15 is 0 Å². The van der Waals surface area contributed by atoms with Crippen molar-refractivity contribution in [3.8, 4) is 0 Å². The minimum absolute atomic E-state index is 0.00480. The molecule has 2 aromatic rings. The number of anilines is 1. The lowest BCUT2D eigenvalue weighted by Gasteiger charge is -2.36. The number of rotatable bonds is 7. The molecule has 0 aliphatic carbocycles. The summed E-state index contributed by atoms with van der Waals surface area (Å²) >= 11 is 0. The lowest BCUT2D eigenvalue weighted by molar-refractivity contribution is -0.140. The Hall–Kier alpha value is -3.15. The standard InChI is InChI=1S/C26H33N3O3/c1-5-28(6-2)26(32)19-11-13-22(14-12-19)27-25(31)23-16-20-9-7-8-10-21(20)17-29(23)24(30)15-18(3)4/h7-14,18,23H,5-6,15-17H2,1-4H3,(H,27,31). The van der Waals surface area contributed by atoms with Crippen LogP contribution in [-0.2, 0) is 22.6 Å². The van der Waals surface area contributed by atoms with E-state index in [9.17, 15) is 14.4 Å². The second kappa shape index (κ2) is 10.4. The number of nitrogens with zero attached hydrogens (tertiary/aromatic N) is 2. The van der Waals surface area contributed by atoms with Gasteiger partial charge in [0.05, 0.1) is 0 Å². The summed E-state index contributed by atoms with van der Waals surface area (Å²) in [5.74, 6) is -0.0178. The maximum atomic E-state index is 13.2. The van der Waals surface area contributed by atoms with Gasteiger partial charge in [-0.15, -0.1) is 0 Å². The summed E-state index contributed by atoms with van der Waals surface area (Å²) in [4.78, 5) is 42.1. The monoisotopic (exact) mass is 435 g/mol. The summed E-state index contributed by atoms with van der Waals surface area (Å²) in [6.07, 6.45) is 0.901. The molecule has 3 amide bonds. The second-order valence-corrected chi connectivity index (χ2v) is 8.65. The minimum atomic E-state index is -0.562. The number of hydrogen-bond acceptors (Lipinski definition) is 3. The Balaban J connectivity index is 1.77. The van der Waals surface area contributed by atoms with E-state index < -0.39 is 6.04 Å². The van der Waals surface area contributed by atoms with Crippen LogP contribution in [0.15, 0.2) is 48.5 Å². The Bertz CT molecular complexity index is 965. The van der Waals surface area contributed by atoms with Crippen LogP contribution in [0.4, 0.5) is 5.69 Å². The Morgan fingerprint density at radius 3 is 2.22 bits per heavy atom. The molecule has 1 unspecified atom stereocenters. The summed E-state index contributed by atoms with van der Waals surface area (Å²) < 4.78 is 0. The molecule has 0 fully saturated rings. The quantitative estimate of drug-likeness (QED) is 0.712. The van der Waals surface area contributed by atoms with Crippen LogP contribution in [0.1, 0.15) is 55.6 Å². The number of carbonyl (C=O) groups excluding carboxylic acids is 3. The molecular weight excluding hydrogens is 402 g/mol. The number of nitrogens with one attached hydrogen (secondary N) is 1. The molecule has 0 radical (unpaired) electrons. The summed E-state index contributed by atoms with van der Waals surface area (Å²) in [5.41, 5.74) is 3.39. The largest absolute Gasteiger partial charge is 0.339 e. The average Bonchev–Trinajstić information content (AvgIpc) is 2.79. The van der Waals surface area contributed by atoms with E-state index in [0.717, 1.165) is 11.1 Å². The van der Waals surface area contributed by atoms with Gasteiger partial charge < -0.3 is 15.1 Å². The first-order valence-electron chi connectivity index (χ1n) is 11.4. The van der Waals surface area contributed by atoms with Crippen molar-refractivity contribution in [1.29, 1.82) is 0 Å². The highest BCUT2D eigenvalue weighted by atomic mass is 16.2. The molecule has 170 valence electrons. The van der Waals surface area contributed by atoms with Gasteiger partial charge >= 0.3 is 0 Å². The molecule has 0 saturated carbocycles. The van der Waals surface area contributed by atoms with E-state index in [-0.39, 0.29) is 23.6 Å². The van der Waals surface area contributed by atoms with Crippen LogP contribution in [0.25, 0.3) is 0 Å². The first-order valence-corrected chi connectivity index (χ1v) is 11.4. The molecule has 0 bridgehead atoms. The smallest absolute Gasteiger partial charge is 0.253 e. The van der Waals surface area contributed by atoms with E-state index in [1.807, 2.05) is 52.0 Å². The van der Waals surface area contributed by atoms with Crippen molar-refractivity contribution in [1.82, 2.24) is 9.80 Å². The summed E-state index contributed by atoms with van der Waals surface area (Å²) in [5, 5.41) is 2.95. The van der Waals surface area contributed by atoms with Crippen molar-refractivity contribution in [2.24, 2.45) is 5.92 Å². The Labute approximate surface area is 190 Å². The maximum absolute atomic E-state index is 13.2. The van der Waals surface area contributed by atoms with Crippen LogP contribution < -0.4 is 5.32 Å². The van der Waals surface area contributed by atoms with Crippen molar-refractivity contribution in [2.45, 2.75) is 53.1 Å². The number of carbonyl (C=O) groups is 3. The fraction of sp³-hybridized carbons (Fsp3) is 0.423. The molecule has 32 heavy (non-hydrogen) atoms. The van der Waals surface area contributed by atoms with Crippen LogP contribution in [0.3, 0.4) is 0 Å². The number of fused-ring (bicyclic) bond motifs is 1. The molecule has 0 saturated heterocycles. The molecule has 0 aromatic heterocycles. The molecule has 1 atom stereocenters. The van der Waals surface area contributed by atoms with Crippen LogP contribution in [-0.4, -0.2) is 46.7 Å². The van der Waals surface area contributed by atoms with Crippen LogP contribution in [0.2, 0.25) is 0 Å². The van der Waals surface area contributed by atoms with Gasteiger partial charge in [0.25, 0.3) is 5.91 Å². The highest BCUT2D eigenvalue weighted by molar-refractivity contribution is 5.99.